The molecule has 0 fully saturated rings. The van der Waals surface area contributed by atoms with E-state index in [2.05, 4.69) is 9.97 Å². The molecule has 0 aliphatic heterocycles. The van der Waals surface area contributed by atoms with Crippen LogP contribution >= 0.6 is 0 Å². The van der Waals surface area contributed by atoms with Gasteiger partial charge in [-0.15, -0.1) is 0 Å². The largest absolute Gasteiger partial charge is 0.261 e. The van der Waals surface area contributed by atoms with Crippen molar-refractivity contribution in [2.75, 3.05) is 0 Å². The van der Waals surface area contributed by atoms with Crippen LogP contribution < -0.4 is 0 Å². The molecule has 0 aliphatic carbocycles. The van der Waals surface area contributed by atoms with Gasteiger partial charge in [0, 0.05) is 22.7 Å². The van der Waals surface area contributed by atoms with Crippen LogP contribution in [-0.2, 0) is 0 Å². The van der Waals surface area contributed by atoms with Gasteiger partial charge in [-0.3, -0.25) is 4.98 Å². The van der Waals surface area contributed by atoms with Crippen LogP contribution in [-0.4, -0.2) is 24.7 Å². The van der Waals surface area contributed by atoms with Crippen molar-refractivity contribution in [1.82, 2.24) is 24.7 Å². The Labute approximate surface area is 160 Å². The fourth-order valence-corrected chi connectivity index (χ4v) is 3.40. The number of aryl methyl sites for hydroxylation is 2. The maximum Gasteiger partial charge on any atom is 0.165 e. The summed E-state index contributed by atoms with van der Waals surface area (Å²) >= 11 is 0. The Morgan fingerprint density at radius 3 is 2.54 bits per heavy atom. The summed E-state index contributed by atoms with van der Waals surface area (Å²) in [4.78, 5) is 13.7. The maximum atomic E-state index is 14.4. The normalized spacial score (nSPS) is 11.4. The Morgan fingerprint density at radius 1 is 0.893 bits per heavy atom. The summed E-state index contributed by atoms with van der Waals surface area (Å²) in [6.07, 6.45) is 1.82. The summed E-state index contributed by atoms with van der Waals surface area (Å²) in [5.41, 5.74) is 3.76. The van der Waals surface area contributed by atoms with Gasteiger partial charge in [0.2, 0.25) is 0 Å². The van der Waals surface area contributed by atoms with Crippen LogP contribution in [0.15, 0.2) is 60.8 Å². The van der Waals surface area contributed by atoms with E-state index >= 15 is 0 Å². The van der Waals surface area contributed by atoms with Crippen molar-refractivity contribution in [3.8, 4) is 17.2 Å². The van der Waals surface area contributed by atoms with Gasteiger partial charge in [0.15, 0.2) is 11.6 Å². The van der Waals surface area contributed by atoms with E-state index in [1.165, 1.54) is 6.07 Å². The third-order valence-electron chi connectivity index (χ3n) is 4.79. The molecule has 3 aromatic heterocycles. The quantitative estimate of drug-likeness (QED) is 0.449. The fraction of sp³-hybridized carbons (Fsp3) is 0.0909. The molecule has 28 heavy (non-hydrogen) atoms. The first-order valence-corrected chi connectivity index (χ1v) is 8.96. The molecule has 0 saturated heterocycles. The highest BCUT2D eigenvalue weighted by atomic mass is 19.1. The highest BCUT2D eigenvalue weighted by Gasteiger charge is 2.17. The lowest BCUT2D eigenvalue weighted by Gasteiger charge is -2.10. The van der Waals surface area contributed by atoms with Crippen molar-refractivity contribution in [3.63, 3.8) is 0 Å². The van der Waals surface area contributed by atoms with Crippen LogP contribution in [0.5, 0.6) is 0 Å². The molecule has 0 unspecified atom stereocenters. The highest BCUT2D eigenvalue weighted by molar-refractivity contribution is 5.90. The van der Waals surface area contributed by atoms with Gasteiger partial charge in [0.1, 0.15) is 5.82 Å². The van der Waals surface area contributed by atoms with E-state index in [0.717, 1.165) is 33.2 Å². The number of fused-ring (bicyclic) bond motifs is 2. The summed E-state index contributed by atoms with van der Waals surface area (Å²) in [5, 5.41) is 6.51. The predicted octanol–water partition coefficient (Wildman–Crippen LogP) is 4.79. The number of benzene rings is 2. The van der Waals surface area contributed by atoms with Crippen molar-refractivity contribution < 1.29 is 4.39 Å². The minimum absolute atomic E-state index is 0.332. The SMILES string of the molecule is Cc1cc2c(cn1)c(C)nn2-c1nc(-c2ccccc2F)nc2ccccc12. The molecule has 0 saturated carbocycles. The summed E-state index contributed by atoms with van der Waals surface area (Å²) in [7, 11) is 0. The maximum absolute atomic E-state index is 14.4. The van der Waals surface area contributed by atoms with Crippen molar-refractivity contribution in [3.05, 3.63) is 78.0 Å². The van der Waals surface area contributed by atoms with Gasteiger partial charge in [-0.05, 0) is 44.2 Å². The molecule has 5 aromatic rings. The zero-order chi connectivity index (χ0) is 19.3. The molecule has 0 bridgehead atoms. The lowest BCUT2D eigenvalue weighted by atomic mass is 10.1. The van der Waals surface area contributed by atoms with Gasteiger partial charge < -0.3 is 0 Å². The molecule has 5 rings (SSSR count). The summed E-state index contributed by atoms with van der Waals surface area (Å²) in [6.45, 7) is 3.88. The third-order valence-corrected chi connectivity index (χ3v) is 4.79. The van der Waals surface area contributed by atoms with E-state index in [1.54, 1.807) is 22.9 Å². The average Bonchev–Trinajstić information content (AvgIpc) is 3.03. The number of aromatic nitrogens is 5. The van der Waals surface area contributed by atoms with E-state index in [9.17, 15) is 4.39 Å². The molecule has 0 N–H and O–H groups in total. The van der Waals surface area contributed by atoms with E-state index in [-0.39, 0.29) is 5.82 Å². The summed E-state index contributed by atoms with van der Waals surface area (Å²) in [5.74, 6) is 0.594. The smallest absolute Gasteiger partial charge is 0.165 e. The van der Waals surface area contributed by atoms with Crippen LogP contribution in [0.3, 0.4) is 0 Å². The molecule has 136 valence electrons. The molecule has 5 nitrogen and oxygen atoms in total. The molecule has 0 atom stereocenters. The molecular formula is C22H16FN5. The number of nitrogens with zero attached hydrogens (tertiary/aromatic N) is 5. The number of para-hydroxylation sites is 1. The number of pyridine rings is 1. The first-order chi connectivity index (χ1) is 13.6. The van der Waals surface area contributed by atoms with Crippen LogP contribution in [0.25, 0.3) is 39.0 Å². The lowest BCUT2D eigenvalue weighted by Crippen LogP contribution is -2.05. The van der Waals surface area contributed by atoms with Crippen LogP contribution in [0.1, 0.15) is 11.4 Å². The van der Waals surface area contributed by atoms with Crippen molar-refractivity contribution in [2.24, 2.45) is 0 Å². The van der Waals surface area contributed by atoms with Gasteiger partial charge in [-0.1, -0.05) is 24.3 Å². The van der Waals surface area contributed by atoms with Crippen LogP contribution in [0.4, 0.5) is 4.39 Å². The zero-order valence-corrected chi connectivity index (χ0v) is 15.4. The predicted molar refractivity (Wildman–Crippen MR) is 107 cm³/mol. The van der Waals surface area contributed by atoms with E-state index in [1.807, 2.05) is 50.4 Å². The Hall–Kier alpha value is -3.67. The van der Waals surface area contributed by atoms with Gasteiger partial charge >= 0.3 is 0 Å². The fourth-order valence-electron chi connectivity index (χ4n) is 3.40. The topological polar surface area (TPSA) is 56.5 Å². The Bertz CT molecular complexity index is 1360. The molecular weight excluding hydrogens is 353 g/mol. The summed E-state index contributed by atoms with van der Waals surface area (Å²) in [6, 6.07) is 16.2. The number of hydrogen-bond donors (Lipinski definition) is 0. The molecule has 0 radical (unpaired) electrons. The Balaban J connectivity index is 1.88. The molecule has 6 heteroatoms. The third kappa shape index (κ3) is 2.53. The molecule has 0 spiro atoms. The number of halogens is 1. The van der Waals surface area contributed by atoms with Gasteiger partial charge in [0.05, 0.1) is 22.3 Å². The standard InChI is InChI=1S/C22H16FN5/c1-13-11-20-17(12-24-13)14(2)27-28(20)22-16-8-4-6-10-19(16)25-21(26-22)15-7-3-5-9-18(15)23/h3-12H,1-2H3. The minimum Gasteiger partial charge on any atom is -0.261 e. The van der Waals surface area contributed by atoms with Gasteiger partial charge in [-0.2, -0.15) is 5.10 Å². The average molecular weight is 369 g/mol. The highest BCUT2D eigenvalue weighted by Crippen LogP contribution is 2.28. The van der Waals surface area contributed by atoms with E-state index in [4.69, 9.17) is 10.1 Å². The van der Waals surface area contributed by atoms with E-state index in [0.29, 0.717) is 17.2 Å². The van der Waals surface area contributed by atoms with Crippen molar-refractivity contribution in [2.45, 2.75) is 13.8 Å². The summed E-state index contributed by atoms with van der Waals surface area (Å²) < 4.78 is 16.2. The van der Waals surface area contributed by atoms with Gasteiger partial charge in [-0.25, -0.2) is 19.0 Å². The van der Waals surface area contributed by atoms with E-state index < -0.39 is 0 Å². The minimum atomic E-state index is -0.356. The van der Waals surface area contributed by atoms with Crippen LogP contribution in [0, 0.1) is 19.7 Å². The molecule has 0 amide bonds. The second kappa shape index (κ2) is 6.20. The Morgan fingerprint density at radius 2 is 1.68 bits per heavy atom. The second-order valence-corrected chi connectivity index (χ2v) is 6.71. The molecule has 3 heterocycles. The monoisotopic (exact) mass is 369 g/mol. The van der Waals surface area contributed by atoms with Crippen molar-refractivity contribution in [1.29, 1.82) is 0 Å². The molecule has 2 aromatic carbocycles. The molecule has 0 aliphatic rings. The first kappa shape index (κ1) is 16.5. The number of rotatable bonds is 2. The van der Waals surface area contributed by atoms with Crippen molar-refractivity contribution >= 4 is 21.8 Å². The number of hydrogen-bond acceptors (Lipinski definition) is 4. The lowest BCUT2D eigenvalue weighted by molar-refractivity contribution is 0.630. The first-order valence-electron chi connectivity index (χ1n) is 8.96. The van der Waals surface area contributed by atoms with Gasteiger partial charge in [0.25, 0.3) is 0 Å². The Kier molecular flexibility index (Phi) is 3.65. The second-order valence-electron chi connectivity index (χ2n) is 6.71. The van der Waals surface area contributed by atoms with Crippen LogP contribution in [0.2, 0.25) is 0 Å². The zero-order valence-electron chi connectivity index (χ0n) is 15.4.